The first-order valence-corrected chi connectivity index (χ1v) is 17.5. The number of nitrogens with zero attached hydrogens (tertiary/aromatic N) is 1. The number of hydrogen-bond donors (Lipinski definition) is 2. The van der Waals surface area contributed by atoms with Gasteiger partial charge in [0.25, 0.3) is 5.91 Å². The van der Waals surface area contributed by atoms with Crippen LogP contribution in [0.4, 0.5) is 5.69 Å². The summed E-state index contributed by atoms with van der Waals surface area (Å²) in [6, 6.07) is 20.0. The molecule has 2 aliphatic heterocycles. The molecular weight excluding hydrogens is 596 g/mol. The number of aliphatic hydroxyl groups is 1. The van der Waals surface area contributed by atoms with E-state index < -0.39 is 27.3 Å². The molecule has 2 N–H and O–H groups in total. The molecule has 3 aromatic carbocycles. The first kappa shape index (κ1) is 30.7. The lowest BCUT2D eigenvalue weighted by molar-refractivity contribution is 0.0461. The third-order valence-electron chi connectivity index (χ3n) is 9.32. The topological polar surface area (TPSA) is 95.9 Å². The minimum atomic E-state index is -4.08. The molecule has 1 saturated carbocycles. The van der Waals surface area contributed by atoms with E-state index in [9.17, 15) is 18.3 Å². The van der Waals surface area contributed by atoms with Gasteiger partial charge < -0.3 is 14.7 Å². The number of benzene rings is 3. The maximum Gasteiger partial charge on any atom is 0.264 e. The summed E-state index contributed by atoms with van der Waals surface area (Å²) in [5, 5.41) is 10.9. The Kier molecular flexibility index (Phi) is 9.31. The number of sulfonamides is 1. The third-order valence-corrected chi connectivity index (χ3v) is 11.3. The Bertz CT molecular complexity index is 1630. The van der Waals surface area contributed by atoms with Crippen LogP contribution in [-0.2, 0) is 23.1 Å². The second kappa shape index (κ2) is 13.3. The number of hydrogen-bond acceptors (Lipinski definition) is 6. The van der Waals surface area contributed by atoms with Gasteiger partial charge in [-0.25, -0.2) is 13.1 Å². The summed E-state index contributed by atoms with van der Waals surface area (Å²) < 4.78 is 36.1. The Morgan fingerprint density at radius 1 is 0.955 bits per heavy atom. The quantitative estimate of drug-likeness (QED) is 0.293. The van der Waals surface area contributed by atoms with Crippen molar-refractivity contribution in [1.82, 2.24) is 4.72 Å². The van der Waals surface area contributed by atoms with Crippen molar-refractivity contribution >= 4 is 33.2 Å². The van der Waals surface area contributed by atoms with Gasteiger partial charge in [-0.05, 0) is 104 Å². The monoisotopic (exact) mass is 634 g/mol. The number of allylic oxidation sites excluding steroid dienone is 1. The van der Waals surface area contributed by atoms with Gasteiger partial charge in [-0.2, -0.15) is 0 Å². The largest absolute Gasteiger partial charge is 0.487 e. The molecule has 44 heavy (non-hydrogen) atoms. The van der Waals surface area contributed by atoms with Gasteiger partial charge in [0.2, 0.25) is 10.0 Å². The fourth-order valence-electron chi connectivity index (χ4n) is 6.69. The summed E-state index contributed by atoms with van der Waals surface area (Å²) in [6.07, 6.45) is 8.54. The molecular formula is C35H39ClN2O5S. The third kappa shape index (κ3) is 6.82. The lowest BCUT2D eigenvalue weighted by atomic mass is 9.70. The van der Waals surface area contributed by atoms with E-state index in [1.807, 2.05) is 36.4 Å². The Hall–Kier alpha value is -3.33. The van der Waals surface area contributed by atoms with E-state index in [1.54, 1.807) is 42.5 Å². The van der Waals surface area contributed by atoms with Crippen molar-refractivity contribution in [3.63, 3.8) is 0 Å². The number of rotatable bonds is 1. The number of halogens is 1. The van der Waals surface area contributed by atoms with Gasteiger partial charge in [-0.15, -0.1) is 0 Å². The molecule has 0 unspecified atom stereocenters. The van der Waals surface area contributed by atoms with E-state index in [0.29, 0.717) is 35.9 Å². The highest BCUT2D eigenvalue weighted by molar-refractivity contribution is 7.90. The van der Waals surface area contributed by atoms with E-state index in [1.165, 1.54) is 5.56 Å². The van der Waals surface area contributed by atoms with Crippen LogP contribution >= 0.6 is 11.6 Å². The average molecular weight is 635 g/mol. The maximum absolute atomic E-state index is 13.7. The van der Waals surface area contributed by atoms with Gasteiger partial charge >= 0.3 is 0 Å². The van der Waals surface area contributed by atoms with Gasteiger partial charge in [0, 0.05) is 23.7 Å². The second-order valence-corrected chi connectivity index (χ2v) is 14.5. The molecule has 0 radical (unpaired) electrons. The smallest absolute Gasteiger partial charge is 0.264 e. The van der Waals surface area contributed by atoms with Gasteiger partial charge in [0.05, 0.1) is 11.8 Å². The van der Waals surface area contributed by atoms with Crippen LogP contribution in [0.1, 0.15) is 70.8 Å². The second-order valence-electron chi connectivity index (χ2n) is 12.2. The molecule has 3 aromatic rings. The fraction of sp³-hybridized carbons (Fsp3) is 0.400. The number of carbonyl (C=O) groups excluding carboxylic acids is 1. The van der Waals surface area contributed by atoms with Crippen molar-refractivity contribution in [3.8, 4) is 5.75 Å². The van der Waals surface area contributed by atoms with Crippen LogP contribution in [0.25, 0.3) is 0 Å². The Labute approximate surface area is 264 Å². The number of aryl methyl sites for hydroxylation is 1. The molecule has 4 atom stereocenters. The van der Waals surface area contributed by atoms with Crippen molar-refractivity contribution in [3.05, 3.63) is 106 Å². The molecule has 2 heterocycles. The van der Waals surface area contributed by atoms with Crippen LogP contribution < -0.4 is 14.4 Å². The molecule has 1 aliphatic carbocycles. The zero-order valence-electron chi connectivity index (χ0n) is 24.7. The molecule has 1 amide bonds. The van der Waals surface area contributed by atoms with Crippen LogP contribution in [0.15, 0.2) is 78.9 Å². The van der Waals surface area contributed by atoms with Crippen LogP contribution in [0, 0.1) is 11.8 Å². The molecule has 1 fully saturated rings. The van der Waals surface area contributed by atoms with Crippen LogP contribution in [0.2, 0.25) is 5.02 Å². The number of nitrogens with one attached hydrogen (secondary N) is 1. The van der Waals surface area contributed by atoms with Crippen molar-refractivity contribution in [2.45, 2.75) is 62.9 Å². The highest BCUT2D eigenvalue weighted by atomic mass is 35.5. The summed E-state index contributed by atoms with van der Waals surface area (Å²) in [4.78, 5) is 15.8. The van der Waals surface area contributed by atoms with Gasteiger partial charge in [-0.3, -0.25) is 4.79 Å². The van der Waals surface area contributed by atoms with Crippen LogP contribution in [0.3, 0.4) is 0 Å². The predicted molar refractivity (Wildman–Crippen MR) is 174 cm³/mol. The minimum Gasteiger partial charge on any atom is -0.487 e. The number of fused-ring (bicyclic) bond motifs is 3. The van der Waals surface area contributed by atoms with Crippen LogP contribution in [0.5, 0.6) is 5.75 Å². The van der Waals surface area contributed by atoms with E-state index in [-0.39, 0.29) is 23.8 Å². The molecule has 232 valence electrons. The van der Waals surface area contributed by atoms with Crippen molar-refractivity contribution in [1.29, 1.82) is 0 Å². The predicted octanol–water partition coefficient (Wildman–Crippen LogP) is 6.60. The lowest BCUT2D eigenvalue weighted by Crippen LogP contribution is -2.43. The van der Waals surface area contributed by atoms with Gasteiger partial charge in [0.15, 0.2) is 0 Å². The summed E-state index contributed by atoms with van der Waals surface area (Å²) in [7, 11) is -4.08. The fourth-order valence-corrected chi connectivity index (χ4v) is 8.36. The zero-order chi connectivity index (χ0) is 30.7. The van der Waals surface area contributed by atoms with Crippen LogP contribution in [-0.4, -0.2) is 38.6 Å². The van der Waals surface area contributed by atoms with E-state index >= 15 is 0 Å². The molecule has 0 aromatic heterocycles. The lowest BCUT2D eigenvalue weighted by Gasteiger charge is -2.42. The number of aliphatic hydroxyl groups excluding tert-OH is 1. The molecule has 3 aliphatic rings. The highest BCUT2D eigenvalue weighted by Crippen LogP contribution is 2.41. The van der Waals surface area contributed by atoms with Crippen molar-refractivity contribution in [2.75, 3.05) is 18.0 Å². The number of amides is 1. The summed E-state index contributed by atoms with van der Waals surface area (Å²) in [6.45, 7) is 1.80. The first-order valence-electron chi connectivity index (χ1n) is 15.5. The maximum atomic E-state index is 13.7. The first-order chi connectivity index (χ1) is 21.3. The van der Waals surface area contributed by atoms with Gasteiger partial charge in [-0.1, -0.05) is 60.2 Å². The SMILES string of the molecule is O=C1NS(=O)(=O)[C@H](c2ccccc2)CC/C=C/[C@H](O)[C@@H]2CC[C@H]2CN2CCCCc3cc(Cl)ccc3COc3ccc1cc32. The highest BCUT2D eigenvalue weighted by Gasteiger charge is 2.37. The van der Waals surface area contributed by atoms with Crippen molar-refractivity contribution in [2.24, 2.45) is 11.8 Å². The minimum absolute atomic E-state index is 0.119. The van der Waals surface area contributed by atoms with Crippen molar-refractivity contribution < 1.29 is 23.1 Å². The molecule has 0 spiro atoms. The molecule has 9 heteroatoms. The molecule has 2 bridgehead atoms. The van der Waals surface area contributed by atoms with E-state index in [4.69, 9.17) is 16.3 Å². The van der Waals surface area contributed by atoms with E-state index in [0.717, 1.165) is 49.9 Å². The number of ether oxygens (including phenoxy) is 1. The Morgan fingerprint density at radius 3 is 2.59 bits per heavy atom. The molecule has 0 saturated heterocycles. The zero-order valence-corrected chi connectivity index (χ0v) is 26.3. The number of anilines is 1. The molecule has 7 nitrogen and oxygen atoms in total. The van der Waals surface area contributed by atoms with E-state index in [2.05, 4.69) is 9.62 Å². The molecule has 6 rings (SSSR count). The Morgan fingerprint density at radius 2 is 1.80 bits per heavy atom. The standard InChI is InChI=1S/C35H39ClN2O5S/c36-29-16-13-28-23-43-33-18-15-26-21-31(33)38(19-7-6-10-25(28)20-29)22-27-14-17-30(27)32(39)11-4-5-12-34(24-8-2-1-3-9-24)44(41,42)37-35(26)40/h1-4,8-9,11,13,15-16,18,20-21,27,30,32,34,39H,5-7,10,12,14,17,19,22-23H2,(H,37,40)/b11-4+/t27-,30+,32-,34-/m0/s1. The Balaban J connectivity index is 1.39. The normalized spacial score (nSPS) is 26.4. The average Bonchev–Trinajstić information content (AvgIpc) is 3.02. The summed E-state index contributed by atoms with van der Waals surface area (Å²) in [5.41, 5.74) is 3.87. The number of carbonyl (C=O) groups is 1. The van der Waals surface area contributed by atoms with Gasteiger partial charge in [0.1, 0.15) is 17.6 Å². The summed E-state index contributed by atoms with van der Waals surface area (Å²) >= 11 is 6.32. The summed E-state index contributed by atoms with van der Waals surface area (Å²) in [5.74, 6) is 0.370.